The third kappa shape index (κ3) is 4.52. The van der Waals surface area contributed by atoms with Crippen LogP contribution in [-0.4, -0.2) is 24.8 Å². The highest BCUT2D eigenvalue weighted by atomic mass is 16.5. The van der Waals surface area contributed by atoms with Crippen LogP contribution in [0.25, 0.3) is 0 Å². The lowest BCUT2D eigenvalue weighted by Gasteiger charge is -2.08. The van der Waals surface area contributed by atoms with Crippen molar-refractivity contribution in [2.24, 2.45) is 0 Å². The summed E-state index contributed by atoms with van der Waals surface area (Å²) in [7, 11) is 0. The van der Waals surface area contributed by atoms with Gasteiger partial charge >= 0.3 is 11.9 Å². The fourth-order valence-corrected chi connectivity index (χ4v) is 2.00. The average Bonchev–Trinajstić information content (AvgIpc) is 2.62. The Labute approximate surface area is 140 Å². The second kappa shape index (κ2) is 8.62. The molecule has 2 rings (SSSR count). The van der Waals surface area contributed by atoms with E-state index in [1.807, 2.05) is 6.92 Å². The standard InChI is InChI=1S/C19H18O5/c1-2-3-11-23-18(21)14-8-6-9-15(12-14)19(22)24-17-10-5-4-7-16(17)13-20/h4-10,12-13H,2-3,11H2,1H3. The highest BCUT2D eigenvalue weighted by molar-refractivity contribution is 5.96. The van der Waals surface area contributed by atoms with E-state index in [-0.39, 0.29) is 22.4 Å². The first-order valence-corrected chi connectivity index (χ1v) is 7.69. The van der Waals surface area contributed by atoms with Gasteiger partial charge in [0.25, 0.3) is 0 Å². The molecule has 0 fully saturated rings. The molecule has 0 saturated heterocycles. The highest BCUT2D eigenvalue weighted by Crippen LogP contribution is 2.18. The summed E-state index contributed by atoms with van der Waals surface area (Å²) < 4.78 is 10.4. The Hall–Kier alpha value is -2.95. The maximum absolute atomic E-state index is 12.2. The van der Waals surface area contributed by atoms with Crippen molar-refractivity contribution >= 4 is 18.2 Å². The van der Waals surface area contributed by atoms with Crippen molar-refractivity contribution in [3.8, 4) is 5.75 Å². The molecule has 0 atom stereocenters. The van der Waals surface area contributed by atoms with Gasteiger partial charge in [0.15, 0.2) is 6.29 Å². The molecule has 5 nitrogen and oxygen atoms in total. The van der Waals surface area contributed by atoms with Crippen molar-refractivity contribution in [2.45, 2.75) is 19.8 Å². The van der Waals surface area contributed by atoms with Gasteiger partial charge in [0.05, 0.1) is 23.3 Å². The van der Waals surface area contributed by atoms with E-state index < -0.39 is 11.9 Å². The molecule has 2 aromatic rings. The van der Waals surface area contributed by atoms with Gasteiger partial charge < -0.3 is 9.47 Å². The summed E-state index contributed by atoms with van der Waals surface area (Å²) in [4.78, 5) is 35.1. The Balaban J connectivity index is 2.11. The van der Waals surface area contributed by atoms with Gasteiger partial charge in [-0.1, -0.05) is 31.5 Å². The summed E-state index contributed by atoms with van der Waals surface area (Å²) in [6, 6.07) is 12.5. The Bertz CT molecular complexity index is 736. The number of ether oxygens (including phenoxy) is 2. The molecule has 24 heavy (non-hydrogen) atoms. The molecular weight excluding hydrogens is 308 g/mol. The highest BCUT2D eigenvalue weighted by Gasteiger charge is 2.14. The normalized spacial score (nSPS) is 10.0. The Morgan fingerprint density at radius 1 is 1.00 bits per heavy atom. The Kier molecular flexibility index (Phi) is 6.25. The molecule has 0 aromatic heterocycles. The lowest BCUT2D eigenvalue weighted by molar-refractivity contribution is 0.0499. The second-order valence-electron chi connectivity index (χ2n) is 5.12. The van der Waals surface area contributed by atoms with E-state index >= 15 is 0 Å². The first-order chi connectivity index (χ1) is 11.7. The van der Waals surface area contributed by atoms with Crippen LogP contribution in [0.3, 0.4) is 0 Å². The third-order valence-corrected chi connectivity index (χ3v) is 3.31. The summed E-state index contributed by atoms with van der Waals surface area (Å²) in [5.74, 6) is -0.952. The number of hydrogen-bond acceptors (Lipinski definition) is 5. The topological polar surface area (TPSA) is 69.7 Å². The van der Waals surface area contributed by atoms with Crippen LogP contribution < -0.4 is 4.74 Å². The van der Waals surface area contributed by atoms with Crippen LogP contribution in [0.4, 0.5) is 0 Å². The van der Waals surface area contributed by atoms with Gasteiger partial charge in [0, 0.05) is 0 Å². The van der Waals surface area contributed by atoms with E-state index in [1.165, 1.54) is 18.2 Å². The zero-order valence-electron chi connectivity index (χ0n) is 13.4. The molecule has 0 spiro atoms. The monoisotopic (exact) mass is 326 g/mol. The molecule has 0 N–H and O–H groups in total. The largest absolute Gasteiger partial charge is 0.462 e. The lowest BCUT2D eigenvalue weighted by Crippen LogP contribution is -2.12. The summed E-state index contributed by atoms with van der Waals surface area (Å²) in [5, 5.41) is 0. The summed E-state index contributed by atoms with van der Waals surface area (Å²) >= 11 is 0. The molecule has 0 unspecified atom stereocenters. The summed E-state index contributed by atoms with van der Waals surface area (Å²) in [6.45, 7) is 2.35. The first kappa shape index (κ1) is 17.4. The van der Waals surface area contributed by atoms with Gasteiger partial charge in [0.1, 0.15) is 5.75 Å². The van der Waals surface area contributed by atoms with Gasteiger partial charge in [-0.25, -0.2) is 9.59 Å². The van der Waals surface area contributed by atoms with Gasteiger partial charge in [0.2, 0.25) is 0 Å². The van der Waals surface area contributed by atoms with Crippen molar-refractivity contribution < 1.29 is 23.9 Å². The Morgan fingerprint density at radius 2 is 1.71 bits per heavy atom. The average molecular weight is 326 g/mol. The molecule has 2 aromatic carbocycles. The molecule has 0 aliphatic carbocycles. The van der Waals surface area contributed by atoms with Crippen molar-refractivity contribution in [1.82, 2.24) is 0 Å². The van der Waals surface area contributed by atoms with Crippen LogP contribution in [0.2, 0.25) is 0 Å². The number of aldehydes is 1. The van der Waals surface area contributed by atoms with E-state index in [4.69, 9.17) is 9.47 Å². The summed E-state index contributed by atoms with van der Waals surface area (Å²) in [6.07, 6.45) is 2.33. The fraction of sp³-hybridized carbons (Fsp3) is 0.211. The van der Waals surface area contributed by atoms with Crippen LogP contribution in [0.5, 0.6) is 5.75 Å². The number of benzene rings is 2. The van der Waals surface area contributed by atoms with Crippen LogP contribution >= 0.6 is 0 Å². The number of carbonyl (C=O) groups is 3. The lowest BCUT2D eigenvalue weighted by atomic mass is 10.1. The fourth-order valence-electron chi connectivity index (χ4n) is 2.00. The maximum Gasteiger partial charge on any atom is 0.343 e. The minimum Gasteiger partial charge on any atom is -0.462 e. The number of esters is 2. The minimum absolute atomic E-state index is 0.174. The molecule has 0 heterocycles. The zero-order chi connectivity index (χ0) is 17.4. The predicted molar refractivity (Wildman–Crippen MR) is 88.4 cm³/mol. The van der Waals surface area contributed by atoms with Gasteiger partial charge in [-0.3, -0.25) is 4.79 Å². The molecule has 0 amide bonds. The van der Waals surface area contributed by atoms with Crippen LogP contribution in [-0.2, 0) is 4.74 Å². The molecule has 0 aliphatic heterocycles. The van der Waals surface area contributed by atoms with E-state index in [9.17, 15) is 14.4 Å². The predicted octanol–water partition coefficient (Wildman–Crippen LogP) is 3.68. The van der Waals surface area contributed by atoms with Crippen LogP contribution in [0.15, 0.2) is 48.5 Å². The molecule has 0 aliphatic rings. The number of carbonyl (C=O) groups excluding carboxylic acids is 3. The van der Waals surface area contributed by atoms with E-state index in [0.717, 1.165) is 12.8 Å². The quantitative estimate of drug-likeness (QED) is 0.336. The van der Waals surface area contributed by atoms with E-state index in [1.54, 1.807) is 30.3 Å². The smallest absolute Gasteiger partial charge is 0.343 e. The first-order valence-electron chi connectivity index (χ1n) is 7.69. The molecule has 0 bridgehead atoms. The SMILES string of the molecule is CCCCOC(=O)c1cccc(C(=O)Oc2ccccc2C=O)c1. The van der Waals surface area contributed by atoms with E-state index in [0.29, 0.717) is 12.9 Å². The van der Waals surface area contributed by atoms with Crippen molar-refractivity contribution in [1.29, 1.82) is 0 Å². The number of rotatable bonds is 7. The summed E-state index contributed by atoms with van der Waals surface area (Å²) in [5.41, 5.74) is 0.769. The number of para-hydroxylation sites is 1. The third-order valence-electron chi connectivity index (χ3n) is 3.31. The van der Waals surface area contributed by atoms with Crippen LogP contribution in [0.1, 0.15) is 50.8 Å². The molecular formula is C19H18O5. The van der Waals surface area contributed by atoms with Gasteiger partial charge in [-0.15, -0.1) is 0 Å². The number of hydrogen-bond donors (Lipinski definition) is 0. The molecule has 5 heteroatoms. The van der Waals surface area contributed by atoms with E-state index in [2.05, 4.69) is 0 Å². The second-order valence-corrected chi connectivity index (χ2v) is 5.12. The maximum atomic E-state index is 12.2. The van der Waals surface area contributed by atoms with Gasteiger partial charge in [-0.05, 0) is 36.8 Å². The van der Waals surface area contributed by atoms with Gasteiger partial charge in [-0.2, -0.15) is 0 Å². The van der Waals surface area contributed by atoms with Crippen molar-refractivity contribution in [2.75, 3.05) is 6.61 Å². The van der Waals surface area contributed by atoms with Crippen molar-refractivity contribution in [3.63, 3.8) is 0 Å². The zero-order valence-corrected chi connectivity index (χ0v) is 13.4. The Morgan fingerprint density at radius 3 is 2.42 bits per heavy atom. The minimum atomic E-state index is -0.646. The molecule has 0 saturated carbocycles. The number of unbranched alkanes of at least 4 members (excludes halogenated alkanes) is 1. The molecule has 0 radical (unpaired) electrons. The molecule has 124 valence electrons. The van der Waals surface area contributed by atoms with Crippen LogP contribution in [0, 0.1) is 0 Å². The van der Waals surface area contributed by atoms with Crippen molar-refractivity contribution in [3.05, 3.63) is 65.2 Å².